The van der Waals surface area contributed by atoms with Gasteiger partial charge in [-0.15, -0.1) is 0 Å². The van der Waals surface area contributed by atoms with Crippen molar-refractivity contribution in [3.05, 3.63) is 35.8 Å². The number of fused-ring (bicyclic) bond motifs is 1. The van der Waals surface area contributed by atoms with Crippen LogP contribution in [0.1, 0.15) is 57.9 Å². The fraction of sp³-hybridized carbons (Fsp3) is 0.583. The van der Waals surface area contributed by atoms with Gasteiger partial charge >= 0.3 is 6.09 Å². The maximum atomic E-state index is 13.5. The van der Waals surface area contributed by atoms with E-state index in [1.807, 2.05) is 37.9 Å². The molecule has 2 saturated heterocycles. The van der Waals surface area contributed by atoms with Crippen LogP contribution in [0.2, 0.25) is 0 Å². The van der Waals surface area contributed by atoms with Crippen molar-refractivity contribution < 1.29 is 18.7 Å². The molecule has 0 atom stereocenters. The molecule has 6 nitrogen and oxygen atoms in total. The second-order valence-corrected chi connectivity index (χ2v) is 9.78. The second kappa shape index (κ2) is 8.52. The van der Waals surface area contributed by atoms with Crippen molar-refractivity contribution in [2.75, 3.05) is 26.2 Å². The number of ether oxygens (including phenoxy) is 1. The molecule has 0 radical (unpaired) electrons. The summed E-state index contributed by atoms with van der Waals surface area (Å²) in [7, 11) is 0. The molecule has 1 N–H and O–H groups in total. The number of nitrogens with one attached hydrogen (secondary N) is 1. The third-order valence-corrected chi connectivity index (χ3v) is 6.42. The Kier molecular flexibility index (Phi) is 5.95. The van der Waals surface area contributed by atoms with Crippen molar-refractivity contribution in [2.45, 2.75) is 58.0 Å². The Labute approximate surface area is 182 Å². The molecule has 1 aromatic heterocycles. The van der Waals surface area contributed by atoms with Gasteiger partial charge in [0.1, 0.15) is 11.4 Å². The number of nitrogens with zero attached hydrogens (tertiary/aromatic N) is 2. The van der Waals surface area contributed by atoms with Gasteiger partial charge in [-0.1, -0.05) is 0 Å². The normalized spacial score (nSPS) is 19.1. The number of hydrogen-bond acceptors (Lipinski definition) is 3. The van der Waals surface area contributed by atoms with Crippen LogP contribution in [0.5, 0.6) is 0 Å². The fourth-order valence-electron chi connectivity index (χ4n) is 4.76. The van der Waals surface area contributed by atoms with Crippen LogP contribution < -0.4 is 0 Å². The lowest BCUT2D eigenvalue weighted by Gasteiger charge is -2.37. The van der Waals surface area contributed by atoms with Crippen LogP contribution in [0.3, 0.4) is 0 Å². The summed E-state index contributed by atoms with van der Waals surface area (Å²) in [6.45, 7) is 8.19. The SMILES string of the molecule is CC(C)(C)OC(=O)N1CCC(C(=O)N2CCC(c3c[nH]c4cc(F)ccc34)CC2)CC1. The van der Waals surface area contributed by atoms with E-state index < -0.39 is 5.60 Å². The number of aromatic amines is 1. The summed E-state index contributed by atoms with van der Waals surface area (Å²) in [5.41, 5.74) is 1.53. The average molecular weight is 430 g/mol. The van der Waals surface area contributed by atoms with Gasteiger partial charge in [0.2, 0.25) is 5.91 Å². The molecule has 2 aliphatic rings. The van der Waals surface area contributed by atoms with E-state index in [-0.39, 0.29) is 23.7 Å². The van der Waals surface area contributed by atoms with Crippen LogP contribution in [0, 0.1) is 11.7 Å². The van der Waals surface area contributed by atoms with Gasteiger partial charge in [0.15, 0.2) is 0 Å². The molecule has 0 unspecified atom stereocenters. The van der Waals surface area contributed by atoms with Gasteiger partial charge in [-0.25, -0.2) is 9.18 Å². The number of halogens is 1. The number of likely N-dealkylation sites (tertiary alicyclic amines) is 2. The summed E-state index contributed by atoms with van der Waals surface area (Å²) < 4.78 is 18.9. The van der Waals surface area contributed by atoms with E-state index in [1.54, 1.807) is 4.90 Å². The van der Waals surface area contributed by atoms with Gasteiger partial charge in [-0.05, 0) is 76.1 Å². The van der Waals surface area contributed by atoms with E-state index in [0.29, 0.717) is 31.8 Å². The predicted octanol–water partition coefficient (Wildman–Crippen LogP) is 4.66. The summed E-state index contributed by atoms with van der Waals surface area (Å²) in [6, 6.07) is 4.87. The Balaban J connectivity index is 1.29. The highest BCUT2D eigenvalue weighted by Crippen LogP contribution is 2.34. The lowest BCUT2D eigenvalue weighted by atomic mass is 9.88. The number of piperidine rings is 2. The number of rotatable bonds is 2. The Bertz CT molecular complexity index is 949. The first-order valence-electron chi connectivity index (χ1n) is 11.2. The van der Waals surface area contributed by atoms with Crippen LogP contribution in [0.15, 0.2) is 24.4 Å². The topological polar surface area (TPSA) is 65.6 Å². The second-order valence-electron chi connectivity index (χ2n) is 9.78. The summed E-state index contributed by atoms with van der Waals surface area (Å²) in [5.74, 6) is 0.325. The minimum atomic E-state index is -0.507. The molecule has 2 amide bonds. The number of carbonyl (C=O) groups is 2. The van der Waals surface area contributed by atoms with E-state index in [0.717, 1.165) is 36.8 Å². The third kappa shape index (κ3) is 4.86. The van der Waals surface area contributed by atoms with Crippen molar-refractivity contribution in [3.63, 3.8) is 0 Å². The molecule has 7 heteroatoms. The first-order valence-corrected chi connectivity index (χ1v) is 11.2. The molecule has 2 aromatic rings. The number of benzene rings is 1. The molecule has 1 aromatic carbocycles. The molecule has 2 fully saturated rings. The maximum Gasteiger partial charge on any atom is 0.410 e. The highest BCUT2D eigenvalue weighted by atomic mass is 19.1. The largest absolute Gasteiger partial charge is 0.444 e. The predicted molar refractivity (Wildman–Crippen MR) is 117 cm³/mol. The van der Waals surface area contributed by atoms with Crippen LogP contribution in [0.4, 0.5) is 9.18 Å². The van der Waals surface area contributed by atoms with Crippen molar-refractivity contribution >= 4 is 22.9 Å². The van der Waals surface area contributed by atoms with Gasteiger partial charge in [-0.3, -0.25) is 4.79 Å². The zero-order valence-electron chi connectivity index (χ0n) is 18.6. The zero-order chi connectivity index (χ0) is 22.2. The van der Waals surface area contributed by atoms with Crippen molar-refractivity contribution in [2.24, 2.45) is 5.92 Å². The molecule has 2 aliphatic heterocycles. The monoisotopic (exact) mass is 429 g/mol. The molecule has 4 rings (SSSR count). The standard InChI is InChI=1S/C24H32FN3O3/c1-24(2,3)31-23(30)28-12-8-17(9-13-28)22(29)27-10-6-16(7-11-27)20-15-26-21-14-18(25)4-5-19(20)21/h4-5,14-17,26H,6-13H2,1-3H3. The number of hydrogen-bond donors (Lipinski definition) is 1. The zero-order valence-corrected chi connectivity index (χ0v) is 18.6. The molecule has 31 heavy (non-hydrogen) atoms. The molecule has 0 bridgehead atoms. The van der Waals surface area contributed by atoms with Crippen molar-refractivity contribution in [3.8, 4) is 0 Å². The maximum absolute atomic E-state index is 13.5. The van der Waals surface area contributed by atoms with Crippen LogP contribution in [0.25, 0.3) is 10.9 Å². The van der Waals surface area contributed by atoms with Gasteiger partial charge < -0.3 is 19.5 Å². The van der Waals surface area contributed by atoms with E-state index in [9.17, 15) is 14.0 Å². The van der Waals surface area contributed by atoms with E-state index >= 15 is 0 Å². The van der Waals surface area contributed by atoms with E-state index in [4.69, 9.17) is 4.74 Å². The summed E-state index contributed by atoms with van der Waals surface area (Å²) in [5, 5.41) is 1.07. The lowest BCUT2D eigenvalue weighted by molar-refractivity contribution is -0.138. The van der Waals surface area contributed by atoms with Crippen LogP contribution in [-0.2, 0) is 9.53 Å². The summed E-state index contributed by atoms with van der Waals surface area (Å²) in [6.07, 6.45) is 4.88. The third-order valence-electron chi connectivity index (χ3n) is 6.42. The number of amides is 2. The minimum Gasteiger partial charge on any atom is -0.444 e. The molecule has 0 aliphatic carbocycles. The number of H-pyrrole nitrogens is 1. The Morgan fingerprint density at radius 3 is 2.32 bits per heavy atom. The first-order chi connectivity index (χ1) is 14.7. The quantitative estimate of drug-likeness (QED) is 0.755. The van der Waals surface area contributed by atoms with Gasteiger partial charge in [0.05, 0.1) is 0 Å². The first kappa shape index (κ1) is 21.7. The van der Waals surface area contributed by atoms with Gasteiger partial charge in [-0.2, -0.15) is 0 Å². The highest BCUT2D eigenvalue weighted by molar-refractivity contribution is 5.84. The Morgan fingerprint density at radius 2 is 1.68 bits per heavy atom. The van der Waals surface area contributed by atoms with E-state index in [1.165, 1.54) is 17.7 Å². The molecular formula is C24H32FN3O3. The van der Waals surface area contributed by atoms with Gasteiger partial charge in [0.25, 0.3) is 0 Å². The Hall–Kier alpha value is -2.57. The smallest absolute Gasteiger partial charge is 0.410 e. The van der Waals surface area contributed by atoms with Crippen molar-refractivity contribution in [1.82, 2.24) is 14.8 Å². The number of aromatic nitrogens is 1. The van der Waals surface area contributed by atoms with E-state index in [2.05, 4.69) is 4.98 Å². The molecule has 0 saturated carbocycles. The molecule has 3 heterocycles. The summed E-state index contributed by atoms with van der Waals surface area (Å²) >= 11 is 0. The molecule has 0 spiro atoms. The van der Waals surface area contributed by atoms with Crippen molar-refractivity contribution in [1.29, 1.82) is 0 Å². The van der Waals surface area contributed by atoms with Crippen LogP contribution in [-0.4, -0.2) is 58.6 Å². The summed E-state index contributed by atoms with van der Waals surface area (Å²) in [4.78, 5) is 32.2. The Morgan fingerprint density at radius 1 is 1.03 bits per heavy atom. The number of carbonyl (C=O) groups excluding carboxylic acids is 2. The van der Waals surface area contributed by atoms with Crippen LogP contribution >= 0.6 is 0 Å². The lowest BCUT2D eigenvalue weighted by Crippen LogP contribution is -2.47. The molecule has 168 valence electrons. The minimum absolute atomic E-state index is 0.0219. The van der Waals surface area contributed by atoms with Gasteiger partial charge in [0, 0.05) is 49.2 Å². The molecular weight excluding hydrogens is 397 g/mol. The fourth-order valence-corrected chi connectivity index (χ4v) is 4.76. The highest BCUT2D eigenvalue weighted by Gasteiger charge is 2.33. The average Bonchev–Trinajstić information content (AvgIpc) is 3.15.